The maximum absolute atomic E-state index is 12.8. The van der Waals surface area contributed by atoms with Crippen molar-refractivity contribution in [2.75, 3.05) is 12.4 Å². The monoisotopic (exact) mass is 493 g/mol. The highest BCUT2D eigenvalue weighted by molar-refractivity contribution is 6.21. The Morgan fingerprint density at radius 3 is 2.53 bits per heavy atom. The molecule has 1 aliphatic heterocycles. The number of hydrogen-bond acceptors (Lipinski definition) is 9. The van der Waals surface area contributed by atoms with Crippen LogP contribution in [0.1, 0.15) is 43.8 Å². The van der Waals surface area contributed by atoms with E-state index >= 15 is 0 Å². The van der Waals surface area contributed by atoms with Crippen LogP contribution in [0.4, 0.5) is 11.4 Å². The normalized spacial score (nSPS) is 13.2. The minimum absolute atomic E-state index is 0.0203. The molecule has 1 atom stereocenters. The number of nitro benzene ring substituents is 1. The predicted molar refractivity (Wildman–Crippen MR) is 123 cm³/mol. The Morgan fingerprint density at radius 1 is 1.11 bits per heavy atom. The Hall–Kier alpha value is -5.00. The topological polar surface area (TPSA) is 158 Å². The summed E-state index contributed by atoms with van der Waals surface area (Å²) < 4.78 is 15.3. The molecular weight excluding hydrogens is 474 g/mol. The summed E-state index contributed by atoms with van der Waals surface area (Å²) in [6, 6.07) is 11.0. The molecule has 0 aliphatic carbocycles. The van der Waals surface area contributed by atoms with Gasteiger partial charge in [-0.1, -0.05) is 0 Å². The summed E-state index contributed by atoms with van der Waals surface area (Å²) in [5.41, 5.74) is -0.411. The number of benzene rings is 2. The molecule has 3 amide bonds. The number of esters is 1. The van der Waals surface area contributed by atoms with Gasteiger partial charge in [-0.25, -0.2) is 4.79 Å². The largest absolute Gasteiger partial charge is 0.496 e. The van der Waals surface area contributed by atoms with Crippen molar-refractivity contribution < 1.29 is 38.0 Å². The van der Waals surface area contributed by atoms with Gasteiger partial charge in [-0.05, 0) is 49.4 Å². The van der Waals surface area contributed by atoms with Crippen molar-refractivity contribution >= 4 is 35.1 Å². The average molecular weight is 493 g/mol. The molecule has 12 nitrogen and oxygen atoms in total. The van der Waals surface area contributed by atoms with E-state index in [0.29, 0.717) is 5.76 Å². The van der Waals surface area contributed by atoms with E-state index in [1.54, 1.807) is 12.1 Å². The molecular formula is C24H19N3O9. The van der Waals surface area contributed by atoms with Crippen molar-refractivity contribution in [3.8, 4) is 5.75 Å². The number of carbonyl (C=O) groups is 4. The lowest BCUT2D eigenvalue weighted by molar-refractivity contribution is -0.384. The third-order valence-corrected chi connectivity index (χ3v) is 5.41. The zero-order valence-electron chi connectivity index (χ0n) is 19.0. The number of ether oxygens (including phenoxy) is 2. The average Bonchev–Trinajstić information content (AvgIpc) is 3.46. The molecule has 0 saturated carbocycles. The third-order valence-electron chi connectivity index (χ3n) is 5.41. The van der Waals surface area contributed by atoms with Crippen molar-refractivity contribution in [2.45, 2.75) is 19.6 Å². The van der Waals surface area contributed by atoms with Gasteiger partial charge in [0.05, 0.1) is 47.6 Å². The van der Waals surface area contributed by atoms with Crippen molar-refractivity contribution in [1.29, 1.82) is 0 Å². The summed E-state index contributed by atoms with van der Waals surface area (Å²) in [7, 11) is 1.35. The molecule has 184 valence electrons. The van der Waals surface area contributed by atoms with Gasteiger partial charge in [-0.15, -0.1) is 0 Å². The summed E-state index contributed by atoms with van der Waals surface area (Å²) in [4.78, 5) is 62.2. The van der Waals surface area contributed by atoms with Gasteiger partial charge < -0.3 is 19.2 Å². The van der Waals surface area contributed by atoms with Crippen LogP contribution < -0.4 is 10.1 Å². The molecule has 1 aromatic heterocycles. The van der Waals surface area contributed by atoms with Gasteiger partial charge in [-0.3, -0.25) is 29.4 Å². The number of rotatable bonds is 8. The number of amides is 3. The van der Waals surface area contributed by atoms with E-state index in [1.807, 2.05) is 0 Å². The van der Waals surface area contributed by atoms with Crippen LogP contribution in [0.15, 0.2) is 59.2 Å². The van der Waals surface area contributed by atoms with Crippen LogP contribution in [0.5, 0.6) is 5.75 Å². The summed E-state index contributed by atoms with van der Waals surface area (Å²) in [6.07, 6.45) is 0.0893. The van der Waals surface area contributed by atoms with Crippen LogP contribution in [0.2, 0.25) is 0 Å². The predicted octanol–water partition coefficient (Wildman–Crippen LogP) is 3.18. The fourth-order valence-corrected chi connectivity index (χ4v) is 3.53. The first kappa shape index (κ1) is 24.1. The van der Waals surface area contributed by atoms with Crippen molar-refractivity contribution in [3.05, 3.63) is 87.4 Å². The number of carbonyl (C=O) groups excluding carboxylic acids is 4. The molecule has 1 unspecified atom stereocenters. The van der Waals surface area contributed by atoms with Crippen LogP contribution in [0.25, 0.3) is 0 Å². The second-order valence-corrected chi connectivity index (χ2v) is 7.71. The van der Waals surface area contributed by atoms with Crippen LogP contribution in [0.3, 0.4) is 0 Å². The molecule has 4 rings (SSSR count). The van der Waals surface area contributed by atoms with Crippen LogP contribution >= 0.6 is 0 Å². The summed E-state index contributed by atoms with van der Waals surface area (Å²) in [5.74, 6) is -2.21. The number of nitro groups is 1. The number of fused-ring (bicyclic) bond motifs is 1. The maximum Gasteiger partial charge on any atom is 0.338 e. The first-order valence-electron chi connectivity index (χ1n) is 10.6. The quantitative estimate of drug-likeness (QED) is 0.215. The van der Waals surface area contributed by atoms with Gasteiger partial charge in [0.15, 0.2) is 6.10 Å². The number of methoxy groups -OCH3 is 1. The Morgan fingerprint density at radius 2 is 1.86 bits per heavy atom. The van der Waals surface area contributed by atoms with E-state index in [4.69, 9.17) is 13.9 Å². The number of anilines is 1. The smallest absolute Gasteiger partial charge is 0.338 e. The number of hydrogen-bond donors (Lipinski definition) is 1. The first-order valence-corrected chi connectivity index (χ1v) is 10.6. The lowest BCUT2D eigenvalue weighted by atomic mass is 10.1. The second kappa shape index (κ2) is 9.70. The zero-order chi connectivity index (χ0) is 26.0. The fourth-order valence-electron chi connectivity index (χ4n) is 3.53. The number of nitrogens with zero attached hydrogens (tertiary/aromatic N) is 2. The van der Waals surface area contributed by atoms with Crippen molar-refractivity contribution in [2.24, 2.45) is 0 Å². The summed E-state index contributed by atoms with van der Waals surface area (Å²) >= 11 is 0. The molecule has 1 N–H and O–H groups in total. The highest BCUT2D eigenvalue weighted by Gasteiger charge is 2.37. The van der Waals surface area contributed by atoms with E-state index in [-0.39, 0.29) is 34.7 Å². The molecule has 0 bridgehead atoms. The van der Waals surface area contributed by atoms with E-state index in [0.717, 1.165) is 11.0 Å². The van der Waals surface area contributed by atoms with Gasteiger partial charge in [-0.2, -0.15) is 0 Å². The molecule has 36 heavy (non-hydrogen) atoms. The first-order chi connectivity index (χ1) is 17.2. The number of nitrogens with one attached hydrogen (secondary N) is 1. The number of furan rings is 1. The molecule has 1 aliphatic rings. The Balaban J connectivity index is 1.45. The van der Waals surface area contributed by atoms with Gasteiger partial charge in [0.25, 0.3) is 23.4 Å². The van der Waals surface area contributed by atoms with Gasteiger partial charge in [0.1, 0.15) is 17.2 Å². The molecule has 0 fully saturated rings. The van der Waals surface area contributed by atoms with Crippen LogP contribution in [-0.4, -0.2) is 46.7 Å². The fraction of sp³-hybridized carbons (Fsp3) is 0.167. The molecule has 2 heterocycles. The van der Waals surface area contributed by atoms with Crippen molar-refractivity contribution in [1.82, 2.24) is 4.90 Å². The molecule has 0 saturated heterocycles. The second-order valence-electron chi connectivity index (χ2n) is 7.71. The van der Waals surface area contributed by atoms with E-state index in [9.17, 15) is 29.3 Å². The Bertz CT molecular complexity index is 1380. The molecule has 2 aromatic carbocycles. The molecule has 0 radical (unpaired) electrons. The number of imide groups is 1. The third kappa shape index (κ3) is 4.64. The minimum atomic E-state index is -1.33. The highest BCUT2D eigenvalue weighted by atomic mass is 16.6. The van der Waals surface area contributed by atoms with Gasteiger partial charge in [0.2, 0.25) is 0 Å². The lowest BCUT2D eigenvalue weighted by Gasteiger charge is -2.14. The van der Waals surface area contributed by atoms with Crippen LogP contribution in [0, 0.1) is 10.1 Å². The maximum atomic E-state index is 12.8. The lowest BCUT2D eigenvalue weighted by Crippen LogP contribution is -2.30. The van der Waals surface area contributed by atoms with Gasteiger partial charge >= 0.3 is 5.97 Å². The Labute approximate surface area is 203 Å². The van der Waals surface area contributed by atoms with Crippen molar-refractivity contribution in [3.63, 3.8) is 0 Å². The van der Waals surface area contributed by atoms with E-state index in [1.165, 1.54) is 50.6 Å². The molecule has 3 aromatic rings. The SMILES string of the molecule is COc1ccc(NC(=O)C(C)OC(=O)c2ccc3c(c2)C(=O)N(Cc2ccco2)C3=O)c([N+](=O)[O-])c1. The standard InChI is InChI=1S/C24H19N3O9/c1-13(21(28)25-19-8-6-15(34-2)11-20(19)27(32)33)36-24(31)14-5-7-17-18(10-14)23(30)26(22(17)29)12-16-4-3-9-35-16/h3-11,13H,12H2,1-2H3,(H,25,28). The van der Waals surface area contributed by atoms with E-state index in [2.05, 4.69) is 5.32 Å². The minimum Gasteiger partial charge on any atom is -0.496 e. The van der Waals surface area contributed by atoms with Crippen LogP contribution in [-0.2, 0) is 16.1 Å². The summed E-state index contributed by atoms with van der Waals surface area (Å²) in [6.45, 7) is 1.23. The van der Waals surface area contributed by atoms with E-state index < -0.39 is 40.4 Å². The highest BCUT2D eigenvalue weighted by Crippen LogP contribution is 2.29. The van der Waals surface area contributed by atoms with Gasteiger partial charge in [0, 0.05) is 0 Å². The zero-order valence-corrected chi connectivity index (χ0v) is 19.0. The Kier molecular flexibility index (Phi) is 6.50. The molecule has 12 heteroatoms. The summed E-state index contributed by atoms with van der Waals surface area (Å²) in [5, 5.41) is 13.7. The molecule has 0 spiro atoms.